The zero-order chi connectivity index (χ0) is 85.4. The predicted octanol–water partition coefficient (Wildman–Crippen LogP) is 18.4. The van der Waals surface area contributed by atoms with Crippen molar-refractivity contribution in [1.29, 1.82) is 0 Å². The molecule has 0 aromatic heterocycles. The lowest BCUT2D eigenvalue weighted by Crippen LogP contribution is -2.47. The predicted molar refractivity (Wildman–Crippen MR) is 490 cm³/mol. The second-order valence-electron chi connectivity index (χ2n) is 34.1. The van der Waals surface area contributed by atoms with E-state index < -0.39 is 57.5 Å². The van der Waals surface area contributed by atoms with Crippen molar-refractivity contribution in [2.75, 3.05) is 151 Å². The van der Waals surface area contributed by atoms with E-state index in [1.165, 1.54) is 46.0 Å². The van der Waals surface area contributed by atoms with Gasteiger partial charge in [0, 0.05) is 150 Å². The summed E-state index contributed by atoms with van der Waals surface area (Å²) in [6.45, 7) is 22.4. The van der Waals surface area contributed by atoms with Crippen LogP contribution in [0.2, 0.25) is 10.0 Å². The molecule has 120 heavy (non-hydrogen) atoms. The molecule has 25 heteroatoms. The number of nitro benzene ring substituents is 1. The number of thioether (sulfide) groups is 2. The second kappa shape index (κ2) is 41.0. The summed E-state index contributed by atoms with van der Waals surface area (Å²) in [6, 6.07) is 67.4. The number of carbonyl (C=O) groups is 2. The number of benzene rings is 9. The van der Waals surface area contributed by atoms with E-state index in [0.717, 1.165) is 179 Å². The zero-order valence-electron chi connectivity index (χ0n) is 69.8. The highest BCUT2D eigenvalue weighted by Crippen LogP contribution is 2.44. The molecule has 3 heterocycles. The number of ketones is 2. The highest BCUT2D eigenvalue weighted by atomic mass is 35.5. The van der Waals surface area contributed by atoms with Crippen LogP contribution in [0.5, 0.6) is 0 Å². The van der Waals surface area contributed by atoms with Crippen molar-refractivity contribution in [2.45, 2.75) is 104 Å². The first kappa shape index (κ1) is 91.2. The summed E-state index contributed by atoms with van der Waals surface area (Å²) in [5, 5.41) is 13.8. The smallest absolute Gasteiger partial charge is 0.273 e. The number of hydrogen-bond donors (Lipinski definition) is 0. The summed E-state index contributed by atoms with van der Waals surface area (Å²) in [6.07, 6.45) is 6.88. The third-order valence-corrected chi connectivity index (χ3v) is 31.2. The molecule has 636 valence electrons. The first-order valence-corrected chi connectivity index (χ1v) is 49.0. The van der Waals surface area contributed by atoms with Gasteiger partial charge in [-0.3, -0.25) is 34.4 Å². The Balaban J connectivity index is 0.000000221. The minimum Gasteiger partial charge on any atom is -0.379 e. The number of sulfone groups is 3. The summed E-state index contributed by atoms with van der Waals surface area (Å²) in [5.74, 6) is -1.17. The van der Waals surface area contributed by atoms with Gasteiger partial charge in [0.1, 0.15) is 11.5 Å². The number of piperazine rings is 2. The minimum atomic E-state index is -4.16. The molecule has 18 nitrogen and oxygen atoms in total. The third-order valence-electron chi connectivity index (χ3n) is 23.4. The number of carbonyl (C=O) groups excluding carboxylic acids is 2. The maximum atomic E-state index is 13.8. The molecule has 9 aromatic carbocycles. The first-order chi connectivity index (χ1) is 57.2. The van der Waals surface area contributed by atoms with Gasteiger partial charge < -0.3 is 19.4 Å². The van der Waals surface area contributed by atoms with Gasteiger partial charge in [-0.2, -0.15) is 0 Å². The summed E-state index contributed by atoms with van der Waals surface area (Å²) in [5.41, 5.74) is 10.8. The Morgan fingerprint density at radius 2 is 1.00 bits per heavy atom. The molecule has 0 unspecified atom stereocenters. The lowest BCUT2D eigenvalue weighted by Gasteiger charge is -2.39. The second-order valence-corrected chi connectivity index (χ2v) is 43.0. The number of ether oxygens (including phenoxy) is 1. The molecule has 3 aliphatic heterocycles. The number of Topliss-reactive ketones (excluding diaryl/α,β-unsaturated/α-hetero) is 2. The molecule has 0 bridgehead atoms. The number of morpholine rings is 1. The van der Waals surface area contributed by atoms with E-state index in [0.29, 0.717) is 47.8 Å². The molecular weight excluding hydrogens is 1650 g/mol. The molecule has 1 aliphatic carbocycles. The Morgan fingerprint density at radius 1 is 0.533 bits per heavy atom. The average molecular weight is 1760 g/mol. The van der Waals surface area contributed by atoms with Crippen LogP contribution in [0.3, 0.4) is 0 Å². The average Bonchev–Trinajstić information content (AvgIpc) is 0.785. The molecule has 0 spiro atoms. The Hall–Kier alpha value is -8.01. The van der Waals surface area contributed by atoms with Gasteiger partial charge in [0.15, 0.2) is 41.1 Å². The van der Waals surface area contributed by atoms with Crippen LogP contribution >= 0.6 is 46.7 Å². The van der Waals surface area contributed by atoms with Crippen molar-refractivity contribution in [3.8, 4) is 11.1 Å². The Bertz CT molecular complexity index is 5400. The molecule has 3 fully saturated rings. The Morgan fingerprint density at radius 3 is 1.51 bits per heavy atom. The fraction of sp³-hybridized carbons (Fsp3) is 0.389. The van der Waals surface area contributed by atoms with Gasteiger partial charge in [-0.1, -0.05) is 154 Å². The first-order valence-electron chi connectivity index (χ1n) is 41.1. The highest BCUT2D eigenvalue weighted by Gasteiger charge is 2.35. The Kier molecular flexibility index (Phi) is 31.2. The van der Waals surface area contributed by atoms with Gasteiger partial charge in [-0.25, -0.2) is 25.3 Å². The van der Waals surface area contributed by atoms with Crippen molar-refractivity contribution in [2.24, 2.45) is 16.2 Å². The van der Waals surface area contributed by atoms with E-state index in [1.807, 2.05) is 123 Å². The molecule has 3 saturated heterocycles. The van der Waals surface area contributed by atoms with E-state index in [4.69, 9.17) is 27.9 Å². The lowest BCUT2D eigenvalue weighted by atomic mass is 9.73. The zero-order valence-corrected chi connectivity index (χ0v) is 75.4. The molecule has 0 N–H and O–H groups in total. The number of nitrogens with zero attached hydrogens (tertiary/aromatic N) is 7. The van der Waals surface area contributed by atoms with Crippen LogP contribution in [0.4, 0.5) is 17.1 Å². The van der Waals surface area contributed by atoms with Crippen LogP contribution in [0.1, 0.15) is 103 Å². The van der Waals surface area contributed by atoms with Crippen molar-refractivity contribution in [3.63, 3.8) is 0 Å². The highest BCUT2D eigenvalue weighted by molar-refractivity contribution is 7.99. The molecule has 9 aromatic rings. The fourth-order valence-corrected chi connectivity index (χ4v) is 22.3. The molecule has 2 atom stereocenters. The van der Waals surface area contributed by atoms with Crippen molar-refractivity contribution < 1.29 is 44.5 Å². The van der Waals surface area contributed by atoms with Gasteiger partial charge >= 0.3 is 0 Å². The maximum Gasteiger partial charge on any atom is 0.273 e. The molecular formula is C95H111Cl2N7O11S5. The summed E-state index contributed by atoms with van der Waals surface area (Å²) >= 11 is 15.8. The largest absolute Gasteiger partial charge is 0.379 e. The fourth-order valence-electron chi connectivity index (χ4n) is 16.3. The van der Waals surface area contributed by atoms with Gasteiger partial charge in [0.25, 0.3) is 5.69 Å². The topological polar surface area (TPSA) is 208 Å². The van der Waals surface area contributed by atoms with Crippen molar-refractivity contribution in [1.82, 2.24) is 19.6 Å². The minimum absolute atomic E-state index is 0.0101. The number of hydrogen-bond acceptors (Lipinski definition) is 19. The van der Waals surface area contributed by atoms with Gasteiger partial charge in [-0.15, -0.1) is 23.5 Å². The summed E-state index contributed by atoms with van der Waals surface area (Å²) in [7, 11) is -8.15. The van der Waals surface area contributed by atoms with E-state index >= 15 is 0 Å². The summed E-state index contributed by atoms with van der Waals surface area (Å²) in [4.78, 5) is 54.5. The van der Waals surface area contributed by atoms with Crippen LogP contribution in [0.15, 0.2) is 248 Å². The van der Waals surface area contributed by atoms with Crippen LogP contribution < -0.4 is 9.80 Å². The molecule has 0 amide bonds. The molecule has 0 saturated carbocycles. The quantitative estimate of drug-likeness (QED) is 0.0159. The Labute approximate surface area is 729 Å². The maximum absolute atomic E-state index is 13.8. The van der Waals surface area contributed by atoms with E-state index in [-0.39, 0.29) is 42.2 Å². The number of anilines is 2. The van der Waals surface area contributed by atoms with Crippen LogP contribution in [-0.2, 0) is 53.6 Å². The number of nitro groups is 1. The van der Waals surface area contributed by atoms with E-state index in [9.17, 15) is 45.0 Å². The molecule has 4 aliphatic rings. The summed E-state index contributed by atoms with van der Waals surface area (Å²) < 4.78 is 86.9. The SMILES string of the molecule is CC1(C)CCC(c2ccc(Cl)cc2)=C(CN2CCN(c3ccc(C(=O)CS(=O)(=O)c4ccc(C[C@](C)(CCN5CCOCC5)CSc5ccccc5)c(S(C)(=O)=O)c4)cc3)CC2)C1.CN(C)CC[C@](C)(CSc1ccccc1)Cc1ccc(S(=O)(=O)CC(=O)c2ccc(N3CCN(Cc4ccccc4-c4ccc(Cl)cc4)CC3)cc2)cc1[N+](=O)[O-]. The molecule has 0 radical (unpaired) electrons. The number of allylic oxidation sites excluding steroid dienone is 1. The monoisotopic (exact) mass is 1760 g/mol. The molecule has 13 rings (SSSR count). The van der Waals surface area contributed by atoms with Crippen molar-refractivity contribution in [3.05, 3.63) is 278 Å². The van der Waals surface area contributed by atoms with E-state index in [1.54, 1.807) is 59.9 Å². The lowest BCUT2D eigenvalue weighted by molar-refractivity contribution is -0.385. The van der Waals surface area contributed by atoms with Crippen LogP contribution in [-0.4, -0.2) is 203 Å². The number of rotatable bonds is 34. The van der Waals surface area contributed by atoms with Crippen LogP contribution in [0, 0.1) is 26.4 Å². The van der Waals surface area contributed by atoms with Gasteiger partial charge in [0.2, 0.25) is 0 Å². The standard InChI is InChI=1S/C50H62ClN3O6S3.C45H49ClN4O5S2/c1-49(2)21-20-46(38-10-15-42(51)16-11-38)41(33-49)35-53-24-26-54(27-25-53)43-17-12-39(13-18-43)47(55)36-63(58,59)45-19-14-40(48(32-45)62(4,56)57)34-50(3,22-23-52-28-30-60-31-29-52)37-61-44-8-6-5-7-9-44;1-45(23-24-47(2)3,33-56-40-10-5-4-6-11-40)30-36-17-22-41(29-43(36)50(52)53)57(54,55)32-44(51)35-15-20-39(21-16-35)49-27-25-48(26-28-49)31-37-9-7-8-12-42(37)34-13-18-38(46)19-14-34/h5-19,32H,20-31,33-37H2,1-4H3;4-22,29H,23-28,30-33H2,1-3H3/t50-;45-/m00/s1. The van der Waals surface area contributed by atoms with E-state index in [2.05, 4.69) is 106 Å². The van der Waals surface area contributed by atoms with Crippen LogP contribution in [0.25, 0.3) is 16.7 Å². The van der Waals surface area contributed by atoms with Gasteiger partial charge in [0.05, 0.1) is 32.8 Å². The normalized spacial score (nSPS) is 16.9. The van der Waals surface area contributed by atoms with Crippen molar-refractivity contribution >= 4 is 110 Å². The number of halogens is 2. The third kappa shape index (κ3) is 25.6. The van der Waals surface area contributed by atoms with Gasteiger partial charge in [-0.05, 0) is 237 Å².